The van der Waals surface area contributed by atoms with Gasteiger partial charge in [0, 0.05) is 12.6 Å². The van der Waals surface area contributed by atoms with Gasteiger partial charge in [-0.1, -0.05) is 0 Å². The van der Waals surface area contributed by atoms with E-state index >= 15 is 0 Å². The van der Waals surface area contributed by atoms with Gasteiger partial charge >= 0.3 is 6.98 Å². The maximum atomic E-state index is 12.0. The Morgan fingerprint density at radius 1 is 1.42 bits per heavy atom. The molecule has 0 unspecified atom stereocenters. The summed E-state index contributed by atoms with van der Waals surface area (Å²) in [5, 5.41) is 0. The van der Waals surface area contributed by atoms with E-state index in [-0.39, 0.29) is 12.1 Å². The van der Waals surface area contributed by atoms with Crippen LogP contribution in [0.5, 0.6) is 0 Å². The summed E-state index contributed by atoms with van der Waals surface area (Å²) >= 11 is 0. The molecule has 0 spiro atoms. The highest BCUT2D eigenvalue weighted by Gasteiger charge is 2.41. The van der Waals surface area contributed by atoms with Crippen LogP contribution in [0.25, 0.3) is 0 Å². The van der Waals surface area contributed by atoms with Crippen LogP contribution in [0.2, 0.25) is 0 Å². The second-order valence-corrected chi connectivity index (χ2v) is 3.51. The number of likely N-dealkylation sites (tertiary alicyclic amines) is 1. The van der Waals surface area contributed by atoms with Gasteiger partial charge in [-0.25, -0.2) is 0 Å². The third-order valence-corrected chi connectivity index (χ3v) is 2.46. The van der Waals surface area contributed by atoms with E-state index in [9.17, 15) is 12.9 Å². The first-order valence-corrected chi connectivity index (χ1v) is 4.11. The van der Waals surface area contributed by atoms with Gasteiger partial charge in [-0.3, -0.25) is 0 Å². The lowest BCUT2D eigenvalue weighted by Gasteiger charge is -2.30. The lowest BCUT2D eigenvalue weighted by molar-refractivity contribution is 0.0347. The van der Waals surface area contributed by atoms with Crippen molar-refractivity contribution < 1.29 is 17.7 Å². The fraction of sp³-hybridized carbons (Fsp3) is 1.00. The Bertz CT molecular complexity index is 186. The van der Waals surface area contributed by atoms with Gasteiger partial charge in [-0.15, -0.1) is 0 Å². The fourth-order valence-electron chi connectivity index (χ4n) is 1.97. The number of ether oxygens (including phenoxy) is 1. The van der Waals surface area contributed by atoms with E-state index in [4.69, 9.17) is 4.74 Å². The highest BCUT2D eigenvalue weighted by atomic mass is 19.4. The number of fused-ring (bicyclic) bond motifs is 2. The van der Waals surface area contributed by atoms with Gasteiger partial charge in [-0.2, -0.15) is 0 Å². The topological polar surface area (TPSA) is 12.5 Å². The molecule has 0 N–H and O–H groups in total. The molecule has 2 atom stereocenters. The largest absolute Gasteiger partial charge is 0.492 e. The molecular weight excluding hydrogens is 170 g/mol. The molecule has 0 amide bonds. The van der Waals surface area contributed by atoms with Crippen LogP contribution in [0.4, 0.5) is 12.9 Å². The summed E-state index contributed by atoms with van der Waals surface area (Å²) in [6.45, 7) is -3.71. The predicted octanol–water partition coefficient (Wildman–Crippen LogP) is 0.846. The molecule has 0 aromatic heterocycles. The van der Waals surface area contributed by atoms with Gasteiger partial charge in [-0.05, 0) is 12.9 Å². The molecule has 0 radical (unpaired) electrons. The predicted molar refractivity (Wildman–Crippen MR) is 38.8 cm³/mol. The van der Waals surface area contributed by atoms with Crippen LogP contribution < -0.4 is 0 Å². The first-order valence-electron chi connectivity index (χ1n) is 4.11. The van der Waals surface area contributed by atoms with Crippen molar-refractivity contribution in [1.29, 1.82) is 0 Å². The minimum atomic E-state index is -4.66. The van der Waals surface area contributed by atoms with E-state index in [0.717, 1.165) is 6.42 Å². The summed E-state index contributed by atoms with van der Waals surface area (Å²) in [4.78, 5) is 1.49. The second-order valence-electron chi connectivity index (χ2n) is 3.51. The van der Waals surface area contributed by atoms with Crippen LogP contribution in [-0.2, 0) is 4.74 Å². The fourth-order valence-corrected chi connectivity index (χ4v) is 1.97. The zero-order valence-electron chi connectivity index (χ0n) is 6.55. The highest BCUT2D eigenvalue weighted by Crippen LogP contribution is 2.29. The molecule has 12 heavy (non-hydrogen) atoms. The molecule has 2 nitrogen and oxygen atoms in total. The van der Waals surface area contributed by atoms with Crippen LogP contribution in [-0.4, -0.2) is 43.6 Å². The molecule has 70 valence electrons. The average Bonchev–Trinajstić information content (AvgIpc) is 2.42. The summed E-state index contributed by atoms with van der Waals surface area (Å²) in [5.41, 5.74) is 0. The lowest BCUT2D eigenvalue weighted by Crippen LogP contribution is -2.44. The summed E-state index contributed by atoms with van der Waals surface area (Å²) in [5.74, 6) is 0. The maximum Gasteiger partial charge on any atom is 0.492 e. The zero-order valence-corrected chi connectivity index (χ0v) is 6.55. The van der Waals surface area contributed by atoms with Gasteiger partial charge in [0.05, 0.1) is 12.7 Å². The maximum absolute atomic E-state index is 12.0. The van der Waals surface area contributed by atoms with Crippen molar-refractivity contribution in [3.8, 4) is 0 Å². The van der Waals surface area contributed by atoms with Crippen molar-refractivity contribution in [1.82, 2.24) is 4.90 Å². The molecule has 2 heterocycles. The Kier molecular flexibility index (Phi) is 1.84. The zero-order chi connectivity index (χ0) is 8.77. The summed E-state index contributed by atoms with van der Waals surface area (Å²) in [6.07, 6.45) is 0.129. The van der Waals surface area contributed by atoms with E-state index in [1.165, 1.54) is 4.90 Å². The van der Waals surface area contributed by atoms with Crippen molar-refractivity contribution >= 4 is 6.98 Å². The van der Waals surface area contributed by atoms with Crippen LogP contribution in [0.15, 0.2) is 0 Å². The molecule has 2 aliphatic rings. The van der Waals surface area contributed by atoms with Gasteiger partial charge in [0.1, 0.15) is 0 Å². The van der Waals surface area contributed by atoms with Crippen LogP contribution in [0.3, 0.4) is 0 Å². The molecule has 2 aliphatic heterocycles. The first kappa shape index (κ1) is 8.38. The van der Waals surface area contributed by atoms with E-state index in [0.29, 0.717) is 13.2 Å². The van der Waals surface area contributed by atoms with Crippen molar-refractivity contribution in [3.63, 3.8) is 0 Å². The van der Waals surface area contributed by atoms with Crippen molar-refractivity contribution in [2.75, 3.05) is 19.6 Å². The Balaban J connectivity index is 1.91. The van der Waals surface area contributed by atoms with Gasteiger partial charge < -0.3 is 22.6 Å². The monoisotopic (exact) mass is 180 g/mol. The standard InChI is InChI=1S/C6H10BF3NO/c8-7(9,10)4-11-2-6-1-5(11)3-12-6/h5-6H,1-4H2/q-1/t5-,6-/m1/s1. The quantitative estimate of drug-likeness (QED) is 0.584. The minimum absolute atomic E-state index is 0.0264. The van der Waals surface area contributed by atoms with Gasteiger partial charge in [0.25, 0.3) is 0 Å². The molecule has 2 fully saturated rings. The average molecular weight is 180 g/mol. The summed E-state index contributed by atoms with van der Waals surface area (Å²) < 4.78 is 41.2. The number of hydrogen-bond acceptors (Lipinski definition) is 2. The van der Waals surface area contributed by atoms with Crippen LogP contribution in [0, 0.1) is 0 Å². The Morgan fingerprint density at radius 3 is 2.58 bits per heavy atom. The molecule has 0 aromatic carbocycles. The molecule has 0 aromatic rings. The summed E-state index contributed by atoms with van der Waals surface area (Å²) in [6, 6.07) is 0.0264. The highest BCUT2D eigenvalue weighted by molar-refractivity contribution is 6.58. The number of rotatable bonds is 2. The van der Waals surface area contributed by atoms with Crippen molar-refractivity contribution in [2.24, 2.45) is 0 Å². The molecule has 2 bridgehead atoms. The number of nitrogens with zero attached hydrogens (tertiary/aromatic N) is 1. The van der Waals surface area contributed by atoms with E-state index in [1.807, 2.05) is 0 Å². The first-order chi connectivity index (χ1) is 5.54. The Morgan fingerprint density at radius 2 is 2.17 bits per heavy atom. The van der Waals surface area contributed by atoms with Crippen molar-refractivity contribution in [3.05, 3.63) is 0 Å². The van der Waals surface area contributed by atoms with E-state index < -0.39 is 13.4 Å². The molecule has 2 rings (SSSR count). The van der Waals surface area contributed by atoms with Gasteiger partial charge in [0.2, 0.25) is 0 Å². The number of morpholine rings is 1. The van der Waals surface area contributed by atoms with E-state index in [1.54, 1.807) is 0 Å². The Labute approximate surface area is 68.7 Å². The van der Waals surface area contributed by atoms with Crippen molar-refractivity contribution in [2.45, 2.75) is 18.6 Å². The van der Waals surface area contributed by atoms with Crippen LogP contribution >= 0.6 is 0 Å². The third-order valence-electron chi connectivity index (χ3n) is 2.46. The van der Waals surface area contributed by atoms with Crippen LogP contribution in [0.1, 0.15) is 6.42 Å². The lowest BCUT2D eigenvalue weighted by atomic mass is 9.91. The Hall–Kier alpha value is -0.225. The minimum Gasteiger partial charge on any atom is -0.448 e. The number of halogens is 3. The van der Waals surface area contributed by atoms with Gasteiger partial charge in [0.15, 0.2) is 0 Å². The number of hydrogen-bond donors (Lipinski definition) is 0. The summed E-state index contributed by atoms with van der Waals surface area (Å²) in [7, 11) is 0. The van der Waals surface area contributed by atoms with E-state index in [2.05, 4.69) is 0 Å². The molecule has 0 saturated carbocycles. The molecule has 6 heteroatoms. The second kappa shape index (κ2) is 2.63. The molecule has 2 saturated heterocycles. The SMILES string of the molecule is F[B-](F)(F)CN1C[C@H]2C[C@@H]1CO2. The molecule has 0 aliphatic carbocycles. The third kappa shape index (κ3) is 1.59. The molecular formula is C6H10BF3NO-. The smallest absolute Gasteiger partial charge is 0.448 e. The normalized spacial score (nSPS) is 36.2.